The Kier molecular flexibility index (Phi) is 2.92. The summed E-state index contributed by atoms with van der Waals surface area (Å²) in [4.78, 5) is 3.84. The molecule has 1 nitrogen and oxygen atoms in total. The molecule has 0 saturated heterocycles. The van der Waals surface area contributed by atoms with Crippen LogP contribution in [0.3, 0.4) is 0 Å². The molecule has 0 fully saturated rings. The SMILES string of the molecule is C/N=C/c1ccc(Cl)cc1Cl. The Bertz CT molecular complexity index is 281. The number of nitrogens with zero attached hydrogens (tertiary/aromatic N) is 1. The minimum atomic E-state index is 0.628. The van der Waals surface area contributed by atoms with Gasteiger partial charge >= 0.3 is 0 Å². The van der Waals surface area contributed by atoms with E-state index in [0.29, 0.717) is 10.0 Å². The molecule has 11 heavy (non-hydrogen) atoms. The van der Waals surface area contributed by atoms with E-state index in [1.54, 1.807) is 25.4 Å². The second-order valence-corrected chi connectivity index (χ2v) is 2.90. The third kappa shape index (κ3) is 2.21. The van der Waals surface area contributed by atoms with Crippen molar-refractivity contribution in [3.63, 3.8) is 0 Å². The van der Waals surface area contributed by atoms with Crippen LogP contribution in [-0.4, -0.2) is 13.3 Å². The summed E-state index contributed by atoms with van der Waals surface area (Å²) < 4.78 is 0. The van der Waals surface area contributed by atoms with Crippen molar-refractivity contribution in [3.05, 3.63) is 33.8 Å². The number of halogens is 2. The zero-order valence-electron chi connectivity index (χ0n) is 6.01. The van der Waals surface area contributed by atoms with Gasteiger partial charge in [-0.05, 0) is 12.1 Å². The normalized spacial score (nSPS) is 10.8. The summed E-state index contributed by atoms with van der Waals surface area (Å²) in [6.45, 7) is 0. The zero-order chi connectivity index (χ0) is 8.27. The van der Waals surface area contributed by atoms with Crippen molar-refractivity contribution in [2.45, 2.75) is 0 Å². The molecule has 3 heteroatoms. The first kappa shape index (κ1) is 8.57. The van der Waals surface area contributed by atoms with Crippen LogP contribution in [-0.2, 0) is 0 Å². The van der Waals surface area contributed by atoms with Gasteiger partial charge in [0, 0.05) is 23.8 Å². The molecule has 0 heterocycles. The highest BCUT2D eigenvalue weighted by Crippen LogP contribution is 2.19. The van der Waals surface area contributed by atoms with Gasteiger partial charge in [-0.1, -0.05) is 29.3 Å². The molecule has 0 spiro atoms. The summed E-state index contributed by atoms with van der Waals surface area (Å²) in [5, 5.41) is 1.27. The van der Waals surface area contributed by atoms with E-state index in [0.717, 1.165) is 5.56 Å². The average Bonchev–Trinajstić information content (AvgIpc) is 1.95. The van der Waals surface area contributed by atoms with Gasteiger partial charge in [0.25, 0.3) is 0 Å². The predicted molar refractivity (Wildman–Crippen MR) is 50.0 cm³/mol. The van der Waals surface area contributed by atoms with Crippen LogP contribution in [0.2, 0.25) is 10.0 Å². The van der Waals surface area contributed by atoms with Gasteiger partial charge in [0.1, 0.15) is 0 Å². The molecule has 1 rings (SSSR count). The molecule has 0 bridgehead atoms. The fourth-order valence-corrected chi connectivity index (χ4v) is 1.20. The summed E-state index contributed by atoms with van der Waals surface area (Å²) in [7, 11) is 1.70. The van der Waals surface area contributed by atoms with Gasteiger partial charge in [-0.2, -0.15) is 0 Å². The number of aliphatic imine (C=N–C) groups is 1. The summed E-state index contributed by atoms with van der Waals surface area (Å²) in [5.41, 5.74) is 0.888. The van der Waals surface area contributed by atoms with Crippen LogP contribution in [0.25, 0.3) is 0 Å². The first-order valence-electron chi connectivity index (χ1n) is 3.11. The lowest BCUT2D eigenvalue weighted by molar-refractivity contribution is 1.46. The standard InChI is InChI=1S/C8H7Cl2N/c1-11-5-6-2-3-7(9)4-8(6)10/h2-5H,1H3/b11-5+. The fourth-order valence-electron chi connectivity index (χ4n) is 0.745. The van der Waals surface area contributed by atoms with Gasteiger partial charge in [-0.15, -0.1) is 0 Å². The quantitative estimate of drug-likeness (QED) is 0.600. The first-order valence-corrected chi connectivity index (χ1v) is 3.87. The molecule has 1 aromatic carbocycles. The summed E-state index contributed by atoms with van der Waals surface area (Å²) in [6.07, 6.45) is 1.69. The van der Waals surface area contributed by atoms with Crippen molar-refractivity contribution in [1.29, 1.82) is 0 Å². The van der Waals surface area contributed by atoms with E-state index in [9.17, 15) is 0 Å². The number of benzene rings is 1. The molecular formula is C8H7Cl2N. The van der Waals surface area contributed by atoms with Crippen molar-refractivity contribution in [2.24, 2.45) is 4.99 Å². The van der Waals surface area contributed by atoms with Crippen molar-refractivity contribution >= 4 is 29.4 Å². The highest BCUT2D eigenvalue weighted by atomic mass is 35.5. The molecule has 0 atom stereocenters. The van der Waals surface area contributed by atoms with Crippen LogP contribution < -0.4 is 0 Å². The number of hydrogen-bond donors (Lipinski definition) is 0. The predicted octanol–water partition coefficient (Wildman–Crippen LogP) is 3.04. The second-order valence-electron chi connectivity index (χ2n) is 2.05. The lowest BCUT2D eigenvalue weighted by Gasteiger charge is -1.96. The van der Waals surface area contributed by atoms with E-state index < -0.39 is 0 Å². The Morgan fingerprint density at radius 1 is 1.36 bits per heavy atom. The topological polar surface area (TPSA) is 12.4 Å². The molecule has 0 unspecified atom stereocenters. The van der Waals surface area contributed by atoms with Crippen LogP contribution >= 0.6 is 23.2 Å². The molecule has 58 valence electrons. The Hall–Kier alpha value is -0.530. The third-order valence-electron chi connectivity index (χ3n) is 1.23. The molecule has 0 aromatic heterocycles. The minimum Gasteiger partial charge on any atom is -0.296 e. The van der Waals surface area contributed by atoms with Crippen LogP contribution in [0, 0.1) is 0 Å². The number of rotatable bonds is 1. The first-order chi connectivity index (χ1) is 5.24. The molecule has 0 aliphatic carbocycles. The average molecular weight is 188 g/mol. The second kappa shape index (κ2) is 3.74. The van der Waals surface area contributed by atoms with Gasteiger partial charge in [-0.3, -0.25) is 4.99 Å². The van der Waals surface area contributed by atoms with Gasteiger partial charge in [0.2, 0.25) is 0 Å². The van der Waals surface area contributed by atoms with Crippen molar-refractivity contribution in [2.75, 3.05) is 7.05 Å². The monoisotopic (exact) mass is 187 g/mol. The minimum absolute atomic E-state index is 0.628. The van der Waals surface area contributed by atoms with Crippen LogP contribution in [0.4, 0.5) is 0 Å². The van der Waals surface area contributed by atoms with Crippen LogP contribution in [0.1, 0.15) is 5.56 Å². The molecule has 0 saturated carbocycles. The van der Waals surface area contributed by atoms with Gasteiger partial charge in [0.05, 0.1) is 5.02 Å². The van der Waals surface area contributed by atoms with Gasteiger partial charge < -0.3 is 0 Å². The molecule has 0 aliphatic rings. The largest absolute Gasteiger partial charge is 0.296 e. The van der Waals surface area contributed by atoms with Crippen molar-refractivity contribution in [1.82, 2.24) is 0 Å². The van der Waals surface area contributed by atoms with Crippen LogP contribution in [0.15, 0.2) is 23.2 Å². The van der Waals surface area contributed by atoms with Crippen molar-refractivity contribution in [3.8, 4) is 0 Å². The highest BCUT2D eigenvalue weighted by molar-refractivity contribution is 6.36. The van der Waals surface area contributed by atoms with Gasteiger partial charge in [-0.25, -0.2) is 0 Å². The summed E-state index contributed by atoms with van der Waals surface area (Å²) >= 11 is 11.5. The third-order valence-corrected chi connectivity index (χ3v) is 1.79. The van der Waals surface area contributed by atoms with Gasteiger partial charge in [0.15, 0.2) is 0 Å². The van der Waals surface area contributed by atoms with E-state index in [1.165, 1.54) is 0 Å². The van der Waals surface area contributed by atoms with E-state index in [4.69, 9.17) is 23.2 Å². The lowest BCUT2D eigenvalue weighted by Crippen LogP contribution is -1.81. The Morgan fingerprint density at radius 3 is 2.64 bits per heavy atom. The van der Waals surface area contributed by atoms with E-state index in [1.807, 2.05) is 6.07 Å². The molecule has 1 aromatic rings. The number of hydrogen-bond acceptors (Lipinski definition) is 1. The molecule has 0 amide bonds. The lowest BCUT2D eigenvalue weighted by atomic mass is 10.2. The molecule has 0 N–H and O–H groups in total. The smallest absolute Gasteiger partial charge is 0.0508 e. The Labute approximate surface area is 75.7 Å². The fraction of sp³-hybridized carbons (Fsp3) is 0.125. The van der Waals surface area contributed by atoms with E-state index in [-0.39, 0.29) is 0 Å². The highest BCUT2D eigenvalue weighted by Gasteiger charge is 1.96. The molecular weight excluding hydrogens is 181 g/mol. The maximum Gasteiger partial charge on any atom is 0.0508 e. The zero-order valence-corrected chi connectivity index (χ0v) is 7.52. The van der Waals surface area contributed by atoms with Crippen LogP contribution in [0.5, 0.6) is 0 Å². The van der Waals surface area contributed by atoms with E-state index in [2.05, 4.69) is 4.99 Å². The Morgan fingerprint density at radius 2 is 2.09 bits per heavy atom. The van der Waals surface area contributed by atoms with Crippen molar-refractivity contribution < 1.29 is 0 Å². The van der Waals surface area contributed by atoms with E-state index >= 15 is 0 Å². The summed E-state index contributed by atoms with van der Waals surface area (Å²) in [5.74, 6) is 0. The summed E-state index contributed by atoms with van der Waals surface area (Å²) in [6, 6.07) is 5.31. The maximum absolute atomic E-state index is 5.83. The Balaban J connectivity index is 3.09. The maximum atomic E-state index is 5.83. The molecule has 0 aliphatic heterocycles. The molecule has 0 radical (unpaired) electrons.